The number of hydrogen-bond acceptors (Lipinski definition) is 3. The summed E-state index contributed by atoms with van der Waals surface area (Å²) in [5.74, 6) is 0.0770. The van der Waals surface area contributed by atoms with E-state index in [4.69, 9.17) is 0 Å². The Morgan fingerprint density at radius 2 is 1.48 bits per heavy atom. The van der Waals surface area contributed by atoms with Crippen LogP contribution in [0, 0.1) is 0 Å². The lowest BCUT2D eigenvalue weighted by molar-refractivity contribution is 0.0642. The molecule has 1 saturated heterocycles. The monoisotopic (exact) mass is 373 g/mol. The second-order valence-electron chi connectivity index (χ2n) is 7.35. The number of rotatable bonds is 9. The second kappa shape index (κ2) is 11.1. The maximum atomic E-state index is 13.2. The van der Waals surface area contributed by atoms with Crippen molar-refractivity contribution in [3.63, 3.8) is 0 Å². The van der Waals surface area contributed by atoms with Crippen LogP contribution in [0.1, 0.15) is 73.6 Å². The molecule has 0 bridgehead atoms. The number of amides is 2. The molecule has 2 amide bonds. The number of carbonyl (C=O) groups is 2. The minimum atomic E-state index is 0.0252. The topological polar surface area (TPSA) is 52.7 Å². The van der Waals surface area contributed by atoms with Crippen molar-refractivity contribution in [2.45, 2.75) is 58.9 Å². The van der Waals surface area contributed by atoms with Crippen LogP contribution >= 0.6 is 0 Å². The van der Waals surface area contributed by atoms with E-state index in [1.807, 2.05) is 28.0 Å². The summed E-state index contributed by atoms with van der Waals surface area (Å²) in [5, 5.41) is 3.36. The van der Waals surface area contributed by atoms with Crippen molar-refractivity contribution in [1.82, 2.24) is 15.1 Å². The van der Waals surface area contributed by atoms with Crippen LogP contribution in [-0.2, 0) is 0 Å². The second-order valence-corrected chi connectivity index (χ2v) is 7.35. The summed E-state index contributed by atoms with van der Waals surface area (Å²) < 4.78 is 0. The minimum absolute atomic E-state index is 0.0252. The molecular weight excluding hydrogens is 338 g/mol. The molecule has 2 rings (SSSR count). The number of carbonyl (C=O) groups excluding carboxylic acids is 2. The summed E-state index contributed by atoms with van der Waals surface area (Å²) in [5.41, 5.74) is 1.24. The molecule has 0 aromatic heterocycles. The SMILES string of the molecule is CCCN(CCC)C(=O)c1cccc(C(=O)N(CCC)C2CCNCC2)c1. The molecule has 1 aromatic rings. The largest absolute Gasteiger partial charge is 0.339 e. The van der Waals surface area contributed by atoms with Crippen LogP contribution in [0.25, 0.3) is 0 Å². The summed E-state index contributed by atoms with van der Waals surface area (Å²) >= 11 is 0. The maximum absolute atomic E-state index is 13.2. The van der Waals surface area contributed by atoms with Crippen LogP contribution in [0.15, 0.2) is 24.3 Å². The highest BCUT2D eigenvalue weighted by molar-refractivity contribution is 5.99. The summed E-state index contributed by atoms with van der Waals surface area (Å²) in [6.07, 6.45) is 4.79. The zero-order valence-electron chi connectivity index (χ0n) is 17.2. The van der Waals surface area contributed by atoms with Gasteiger partial charge in [-0.15, -0.1) is 0 Å². The van der Waals surface area contributed by atoms with Crippen molar-refractivity contribution in [3.05, 3.63) is 35.4 Å². The number of nitrogens with one attached hydrogen (secondary N) is 1. The van der Waals surface area contributed by atoms with Gasteiger partial charge in [-0.05, 0) is 63.4 Å². The highest BCUT2D eigenvalue weighted by Gasteiger charge is 2.26. The van der Waals surface area contributed by atoms with Gasteiger partial charge in [-0.25, -0.2) is 0 Å². The fourth-order valence-corrected chi connectivity index (χ4v) is 3.80. The van der Waals surface area contributed by atoms with Gasteiger partial charge in [0.1, 0.15) is 0 Å². The Morgan fingerprint density at radius 3 is 2.04 bits per heavy atom. The van der Waals surface area contributed by atoms with Crippen molar-refractivity contribution < 1.29 is 9.59 Å². The van der Waals surface area contributed by atoms with Crippen molar-refractivity contribution in [2.24, 2.45) is 0 Å². The van der Waals surface area contributed by atoms with E-state index >= 15 is 0 Å². The van der Waals surface area contributed by atoms with Crippen molar-refractivity contribution in [2.75, 3.05) is 32.7 Å². The number of benzene rings is 1. The fraction of sp³-hybridized carbons (Fsp3) is 0.636. The van der Waals surface area contributed by atoms with Gasteiger partial charge in [0.15, 0.2) is 0 Å². The Hall–Kier alpha value is -1.88. The molecule has 1 fully saturated rings. The lowest BCUT2D eigenvalue weighted by Gasteiger charge is -2.34. The van der Waals surface area contributed by atoms with Crippen LogP contribution in [-0.4, -0.2) is 60.4 Å². The highest BCUT2D eigenvalue weighted by atomic mass is 16.2. The molecule has 1 aliphatic heterocycles. The predicted octanol–water partition coefficient (Wildman–Crippen LogP) is 3.55. The molecule has 0 atom stereocenters. The Balaban J connectivity index is 2.20. The van der Waals surface area contributed by atoms with E-state index < -0.39 is 0 Å². The van der Waals surface area contributed by atoms with Crippen molar-refractivity contribution >= 4 is 11.8 Å². The van der Waals surface area contributed by atoms with E-state index in [-0.39, 0.29) is 17.9 Å². The third-order valence-corrected chi connectivity index (χ3v) is 5.11. The molecule has 1 aromatic carbocycles. The van der Waals surface area contributed by atoms with E-state index in [0.717, 1.165) is 64.8 Å². The van der Waals surface area contributed by atoms with Crippen molar-refractivity contribution in [3.8, 4) is 0 Å². The van der Waals surface area contributed by atoms with Gasteiger partial charge in [0.25, 0.3) is 11.8 Å². The summed E-state index contributed by atoms with van der Waals surface area (Å²) in [7, 11) is 0. The average Bonchev–Trinajstić information content (AvgIpc) is 2.71. The fourth-order valence-electron chi connectivity index (χ4n) is 3.80. The molecule has 0 radical (unpaired) electrons. The van der Waals surface area contributed by atoms with E-state index in [1.54, 1.807) is 6.07 Å². The standard InChI is InChI=1S/C22H35N3O2/c1-4-14-24(15-5-2)21(26)18-8-7-9-19(17-18)22(27)25(16-6-3)20-10-12-23-13-11-20/h7-9,17,20,23H,4-6,10-16H2,1-3H3. The van der Waals surface area contributed by atoms with Crippen LogP contribution < -0.4 is 5.32 Å². The minimum Gasteiger partial charge on any atom is -0.339 e. The lowest BCUT2D eigenvalue weighted by Crippen LogP contribution is -2.46. The molecule has 0 aliphatic carbocycles. The maximum Gasteiger partial charge on any atom is 0.254 e. The summed E-state index contributed by atoms with van der Waals surface area (Å²) in [6, 6.07) is 7.57. The van der Waals surface area contributed by atoms with E-state index in [2.05, 4.69) is 26.1 Å². The number of piperidine rings is 1. The van der Waals surface area contributed by atoms with E-state index in [9.17, 15) is 9.59 Å². The first kappa shape index (κ1) is 21.4. The van der Waals surface area contributed by atoms with Gasteiger partial charge in [-0.1, -0.05) is 26.8 Å². The average molecular weight is 374 g/mol. The molecule has 1 aliphatic rings. The van der Waals surface area contributed by atoms with Crippen LogP contribution in [0.2, 0.25) is 0 Å². The quantitative estimate of drug-likeness (QED) is 0.720. The molecular formula is C22H35N3O2. The van der Waals surface area contributed by atoms with Crippen molar-refractivity contribution in [1.29, 1.82) is 0 Å². The Morgan fingerprint density at radius 1 is 0.926 bits per heavy atom. The predicted molar refractivity (Wildman–Crippen MR) is 110 cm³/mol. The Bertz CT molecular complexity index is 605. The Labute approximate surface area is 164 Å². The van der Waals surface area contributed by atoms with Gasteiger partial charge >= 0.3 is 0 Å². The Kier molecular flexibility index (Phi) is 8.79. The molecule has 5 nitrogen and oxygen atoms in total. The van der Waals surface area contributed by atoms with Gasteiger partial charge in [-0.3, -0.25) is 9.59 Å². The van der Waals surface area contributed by atoms with Crippen LogP contribution in [0.5, 0.6) is 0 Å². The normalized spacial score (nSPS) is 14.8. The van der Waals surface area contributed by atoms with Gasteiger partial charge in [0, 0.05) is 36.8 Å². The molecule has 150 valence electrons. The molecule has 0 spiro atoms. The number of hydrogen-bond donors (Lipinski definition) is 1. The van der Waals surface area contributed by atoms with Gasteiger partial charge in [0.05, 0.1) is 0 Å². The van der Waals surface area contributed by atoms with Crippen LogP contribution in [0.4, 0.5) is 0 Å². The summed E-state index contributed by atoms with van der Waals surface area (Å²) in [6.45, 7) is 10.5. The zero-order valence-corrected chi connectivity index (χ0v) is 17.2. The third-order valence-electron chi connectivity index (χ3n) is 5.11. The van der Waals surface area contributed by atoms with Gasteiger partial charge in [0.2, 0.25) is 0 Å². The molecule has 0 unspecified atom stereocenters. The first-order chi connectivity index (χ1) is 13.1. The smallest absolute Gasteiger partial charge is 0.254 e. The van der Waals surface area contributed by atoms with E-state index in [0.29, 0.717) is 11.1 Å². The van der Waals surface area contributed by atoms with E-state index in [1.165, 1.54) is 0 Å². The van der Waals surface area contributed by atoms with Gasteiger partial charge < -0.3 is 15.1 Å². The molecule has 1 N–H and O–H groups in total. The molecule has 1 heterocycles. The van der Waals surface area contributed by atoms with Gasteiger partial charge in [-0.2, -0.15) is 0 Å². The van der Waals surface area contributed by atoms with Crippen LogP contribution in [0.3, 0.4) is 0 Å². The lowest BCUT2D eigenvalue weighted by atomic mass is 10.0. The third kappa shape index (κ3) is 5.80. The first-order valence-corrected chi connectivity index (χ1v) is 10.5. The number of nitrogens with zero attached hydrogens (tertiary/aromatic N) is 2. The first-order valence-electron chi connectivity index (χ1n) is 10.5. The zero-order chi connectivity index (χ0) is 19.6. The molecule has 5 heteroatoms. The highest BCUT2D eigenvalue weighted by Crippen LogP contribution is 2.18. The molecule has 0 saturated carbocycles. The molecule has 27 heavy (non-hydrogen) atoms. The summed E-state index contributed by atoms with van der Waals surface area (Å²) in [4.78, 5) is 30.0.